The molecule has 2 rings (SSSR count). The van der Waals surface area contributed by atoms with E-state index in [0.29, 0.717) is 6.04 Å². The monoisotopic (exact) mass is 231 g/mol. The number of likely N-dealkylation sites (N-methyl/N-ethyl adjacent to an activating group) is 1. The zero-order valence-corrected chi connectivity index (χ0v) is 10.9. The molecule has 1 fully saturated rings. The molecule has 0 aromatic heterocycles. The molecule has 0 aliphatic heterocycles. The van der Waals surface area contributed by atoms with Gasteiger partial charge < -0.3 is 0 Å². The molecular formula is C15H21NO. The lowest BCUT2D eigenvalue weighted by molar-refractivity contribution is 0.0834. The van der Waals surface area contributed by atoms with Gasteiger partial charge in [-0.2, -0.15) is 0 Å². The van der Waals surface area contributed by atoms with Crippen LogP contribution in [0, 0.1) is 6.92 Å². The van der Waals surface area contributed by atoms with Crippen molar-refractivity contribution in [3.63, 3.8) is 0 Å². The number of Topliss-reactive ketones (excluding diaryl/α,β-unsaturated/α-hetero) is 1. The Morgan fingerprint density at radius 1 is 1.35 bits per heavy atom. The van der Waals surface area contributed by atoms with Crippen molar-refractivity contribution in [3.8, 4) is 0 Å². The van der Waals surface area contributed by atoms with E-state index in [-0.39, 0.29) is 11.8 Å². The second-order valence-electron chi connectivity index (χ2n) is 4.97. The van der Waals surface area contributed by atoms with Crippen LogP contribution in [0.25, 0.3) is 0 Å². The Labute approximate surface area is 104 Å². The van der Waals surface area contributed by atoms with Crippen molar-refractivity contribution in [1.82, 2.24) is 4.90 Å². The molecule has 1 unspecified atom stereocenters. The van der Waals surface area contributed by atoms with Gasteiger partial charge in [-0.3, -0.25) is 9.69 Å². The normalized spacial score (nSPS) is 17.2. The van der Waals surface area contributed by atoms with Gasteiger partial charge in [-0.25, -0.2) is 0 Å². The Kier molecular flexibility index (Phi) is 3.63. The summed E-state index contributed by atoms with van der Waals surface area (Å²) >= 11 is 0. The molecule has 2 heteroatoms. The van der Waals surface area contributed by atoms with Gasteiger partial charge in [0.15, 0.2) is 5.78 Å². The number of ketones is 1. The minimum Gasteiger partial charge on any atom is -0.292 e. The highest BCUT2D eigenvalue weighted by Gasteiger charge is 2.33. The first-order chi connectivity index (χ1) is 8.13. The average Bonchev–Trinajstić information content (AvgIpc) is 3.14. The fourth-order valence-electron chi connectivity index (χ4n) is 2.36. The molecule has 17 heavy (non-hydrogen) atoms. The van der Waals surface area contributed by atoms with Crippen LogP contribution in [0.3, 0.4) is 0 Å². The Balaban J connectivity index is 2.10. The molecule has 0 bridgehead atoms. The van der Waals surface area contributed by atoms with E-state index in [9.17, 15) is 4.79 Å². The molecule has 0 radical (unpaired) electrons. The summed E-state index contributed by atoms with van der Waals surface area (Å²) in [5.41, 5.74) is 2.03. The molecule has 1 aliphatic carbocycles. The van der Waals surface area contributed by atoms with Crippen molar-refractivity contribution in [2.45, 2.75) is 45.7 Å². The van der Waals surface area contributed by atoms with Gasteiger partial charge in [0.05, 0.1) is 6.04 Å². The van der Waals surface area contributed by atoms with Crippen LogP contribution in [0.5, 0.6) is 0 Å². The molecule has 0 N–H and O–H groups in total. The van der Waals surface area contributed by atoms with Gasteiger partial charge in [-0.1, -0.05) is 36.8 Å². The molecular weight excluding hydrogens is 210 g/mol. The van der Waals surface area contributed by atoms with Crippen molar-refractivity contribution in [1.29, 1.82) is 0 Å². The predicted octanol–water partition coefficient (Wildman–Crippen LogP) is 3.05. The Morgan fingerprint density at radius 3 is 2.41 bits per heavy atom. The van der Waals surface area contributed by atoms with E-state index in [2.05, 4.69) is 11.8 Å². The number of hydrogen-bond donors (Lipinski definition) is 0. The number of aryl methyl sites for hydroxylation is 1. The van der Waals surface area contributed by atoms with Crippen LogP contribution in [0.1, 0.15) is 42.6 Å². The van der Waals surface area contributed by atoms with Crippen molar-refractivity contribution < 1.29 is 4.79 Å². The third-order valence-electron chi connectivity index (χ3n) is 3.59. The lowest BCUT2D eigenvalue weighted by atomic mass is 10.0. The number of rotatable bonds is 5. The maximum absolute atomic E-state index is 12.3. The third kappa shape index (κ3) is 2.75. The van der Waals surface area contributed by atoms with Gasteiger partial charge in [0.1, 0.15) is 0 Å². The topological polar surface area (TPSA) is 20.3 Å². The number of hydrogen-bond acceptors (Lipinski definition) is 2. The predicted molar refractivity (Wildman–Crippen MR) is 70.4 cm³/mol. The summed E-state index contributed by atoms with van der Waals surface area (Å²) < 4.78 is 0. The summed E-state index contributed by atoms with van der Waals surface area (Å²) in [5.74, 6) is 0.249. The SMILES string of the molecule is CCN(C1CC1)C(C)C(=O)c1ccc(C)cc1. The summed E-state index contributed by atoms with van der Waals surface area (Å²) in [4.78, 5) is 14.7. The maximum atomic E-state index is 12.3. The van der Waals surface area contributed by atoms with Crippen LogP contribution in [-0.4, -0.2) is 29.3 Å². The molecule has 0 saturated heterocycles. The minimum atomic E-state index is 0.00945. The molecule has 2 nitrogen and oxygen atoms in total. The first-order valence-corrected chi connectivity index (χ1v) is 6.50. The number of carbonyl (C=O) groups is 1. The van der Waals surface area contributed by atoms with Crippen molar-refractivity contribution in [2.24, 2.45) is 0 Å². The van der Waals surface area contributed by atoms with Crippen LogP contribution < -0.4 is 0 Å². The van der Waals surface area contributed by atoms with E-state index in [1.807, 2.05) is 38.1 Å². The lowest BCUT2D eigenvalue weighted by Gasteiger charge is -2.26. The molecule has 1 saturated carbocycles. The van der Waals surface area contributed by atoms with Crippen LogP contribution in [-0.2, 0) is 0 Å². The maximum Gasteiger partial charge on any atom is 0.179 e. The van der Waals surface area contributed by atoms with E-state index in [4.69, 9.17) is 0 Å². The average molecular weight is 231 g/mol. The molecule has 92 valence electrons. The van der Waals surface area contributed by atoms with Gasteiger partial charge in [-0.05, 0) is 33.2 Å². The Bertz CT molecular complexity index is 392. The number of nitrogens with zero attached hydrogens (tertiary/aromatic N) is 1. The van der Waals surface area contributed by atoms with E-state index < -0.39 is 0 Å². The first kappa shape index (κ1) is 12.3. The fourth-order valence-corrected chi connectivity index (χ4v) is 2.36. The summed E-state index contributed by atoms with van der Waals surface area (Å²) in [6.45, 7) is 7.17. The van der Waals surface area contributed by atoms with Crippen LogP contribution in [0.2, 0.25) is 0 Å². The largest absolute Gasteiger partial charge is 0.292 e. The first-order valence-electron chi connectivity index (χ1n) is 6.50. The molecule has 0 spiro atoms. The minimum absolute atomic E-state index is 0.00945. The van der Waals surface area contributed by atoms with Gasteiger partial charge in [0.2, 0.25) is 0 Å². The Morgan fingerprint density at radius 2 is 1.94 bits per heavy atom. The Hall–Kier alpha value is -1.15. The van der Waals surface area contributed by atoms with Crippen molar-refractivity contribution in [3.05, 3.63) is 35.4 Å². The third-order valence-corrected chi connectivity index (χ3v) is 3.59. The second kappa shape index (κ2) is 5.01. The van der Waals surface area contributed by atoms with E-state index in [1.165, 1.54) is 18.4 Å². The summed E-state index contributed by atoms with van der Waals surface area (Å²) in [6.07, 6.45) is 2.50. The van der Waals surface area contributed by atoms with E-state index >= 15 is 0 Å². The molecule has 1 aromatic carbocycles. The van der Waals surface area contributed by atoms with Crippen molar-refractivity contribution >= 4 is 5.78 Å². The zero-order chi connectivity index (χ0) is 12.4. The molecule has 1 atom stereocenters. The lowest BCUT2D eigenvalue weighted by Crippen LogP contribution is -2.40. The second-order valence-corrected chi connectivity index (χ2v) is 4.97. The van der Waals surface area contributed by atoms with Gasteiger partial charge >= 0.3 is 0 Å². The molecule has 1 aromatic rings. The van der Waals surface area contributed by atoms with Gasteiger partial charge in [0.25, 0.3) is 0 Å². The summed E-state index contributed by atoms with van der Waals surface area (Å²) in [5, 5.41) is 0. The standard InChI is InChI=1S/C15H21NO/c1-4-16(14-9-10-14)12(3)15(17)13-7-5-11(2)6-8-13/h5-8,12,14H,4,9-10H2,1-3H3. The van der Waals surface area contributed by atoms with Crippen LogP contribution in [0.15, 0.2) is 24.3 Å². The van der Waals surface area contributed by atoms with Crippen LogP contribution >= 0.6 is 0 Å². The van der Waals surface area contributed by atoms with Gasteiger partial charge in [-0.15, -0.1) is 0 Å². The van der Waals surface area contributed by atoms with Gasteiger partial charge in [0, 0.05) is 11.6 Å². The molecule has 0 amide bonds. The van der Waals surface area contributed by atoms with Crippen molar-refractivity contribution in [2.75, 3.05) is 6.54 Å². The van der Waals surface area contributed by atoms with E-state index in [0.717, 1.165) is 12.1 Å². The smallest absolute Gasteiger partial charge is 0.179 e. The number of benzene rings is 1. The van der Waals surface area contributed by atoms with E-state index in [1.54, 1.807) is 0 Å². The summed E-state index contributed by atoms with van der Waals surface area (Å²) in [7, 11) is 0. The number of carbonyl (C=O) groups excluding carboxylic acids is 1. The highest BCUT2D eigenvalue weighted by molar-refractivity contribution is 5.99. The highest BCUT2D eigenvalue weighted by atomic mass is 16.1. The molecule has 1 aliphatic rings. The highest BCUT2D eigenvalue weighted by Crippen LogP contribution is 2.29. The quantitative estimate of drug-likeness (QED) is 0.726. The zero-order valence-electron chi connectivity index (χ0n) is 10.9. The van der Waals surface area contributed by atoms with Crippen LogP contribution in [0.4, 0.5) is 0 Å². The molecule has 0 heterocycles. The summed E-state index contributed by atoms with van der Waals surface area (Å²) in [6, 6.07) is 8.55. The fraction of sp³-hybridized carbons (Fsp3) is 0.533.